The molecule has 1 heterocycles. The van der Waals surface area contributed by atoms with Crippen LogP contribution in [-0.2, 0) is 11.3 Å². The Morgan fingerprint density at radius 3 is 2.61 bits per heavy atom. The number of amides is 1. The van der Waals surface area contributed by atoms with Crippen molar-refractivity contribution >= 4 is 29.1 Å². The van der Waals surface area contributed by atoms with Gasteiger partial charge in [0.05, 0.1) is 5.75 Å². The number of aromatic amines is 1. The van der Waals surface area contributed by atoms with Crippen molar-refractivity contribution in [2.24, 2.45) is 0 Å². The summed E-state index contributed by atoms with van der Waals surface area (Å²) in [6.45, 7) is 4.01. The third-order valence-corrected chi connectivity index (χ3v) is 4.05. The summed E-state index contributed by atoms with van der Waals surface area (Å²) in [5, 5.41) is 9.54. The fourth-order valence-electron chi connectivity index (χ4n) is 1.95. The topological polar surface area (TPSA) is 96.8 Å². The van der Waals surface area contributed by atoms with Crippen molar-refractivity contribution in [1.29, 1.82) is 0 Å². The molecule has 122 valence electrons. The van der Waals surface area contributed by atoms with Crippen LogP contribution in [0.3, 0.4) is 0 Å². The van der Waals surface area contributed by atoms with Crippen LogP contribution < -0.4 is 11.0 Å². The van der Waals surface area contributed by atoms with E-state index >= 15 is 0 Å². The first-order valence-electron chi connectivity index (χ1n) is 7.20. The maximum Gasteiger partial charge on any atom is 0.343 e. The Hall–Kier alpha value is -2.35. The standard InChI is InChI=1S/C15H18N4O3S/c1-3-8-19-14(22)17-18-15(19)23-9-13(21)16-12-6-4-11(5-7-12)10(2)20/h4-7H,3,8-9H2,1-2H3,(H,16,21)(H,17,22). The lowest BCUT2D eigenvalue weighted by Crippen LogP contribution is -2.18. The van der Waals surface area contributed by atoms with Crippen LogP contribution in [0.5, 0.6) is 0 Å². The Morgan fingerprint density at radius 2 is 2.00 bits per heavy atom. The largest absolute Gasteiger partial charge is 0.343 e. The van der Waals surface area contributed by atoms with Crippen LogP contribution in [-0.4, -0.2) is 32.2 Å². The van der Waals surface area contributed by atoms with Crippen LogP contribution in [0.2, 0.25) is 0 Å². The van der Waals surface area contributed by atoms with Crippen LogP contribution in [0.4, 0.5) is 5.69 Å². The number of rotatable bonds is 7. The molecule has 1 aromatic carbocycles. The number of thioether (sulfide) groups is 1. The fourth-order valence-corrected chi connectivity index (χ4v) is 2.72. The first-order chi connectivity index (χ1) is 11.0. The van der Waals surface area contributed by atoms with E-state index in [4.69, 9.17) is 0 Å². The SMILES string of the molecule is CCCn1c(SCC(=O)Nc2ccc(C(C)=O)cc2)n[nH]c1=O. The van der Waals surface area contributed by atoms with Crippen LogP contribution in [0, 0.1) is 0 Å². The quantitative estimate of drug-likeness (QED) is 0.595. The second-order valence-electron chi connectivity index (χ2n) is 4.93. The van der Waals surface area contributed by atoms with Gasteiger partial charge in [-0.3, -0.25) is 14.2 Å². The molecule has 0 unspecified atom stereocenters. The molecule has 2 N–H and O–H groups in total. The summed E-state index contributed by atoms with van der Waals surface area (Å²) in [5.41, 5.74) is 0.945. The van der Waals surface area contributed by atoms with Gasteiger partial charge in [0.2, 0.25) is 5.91 Å². The zero-order chi connectivity index (χ0) is 16.8. The molecule has 23 heavy (non-hydrogen) atoms. The molecule has 0 aliphatic rings. The Balaban J connectivity index is 1.92. The van der Waals surface area contributed by atoms with Crippen molar-refractivity contribution in [3.05, 3.63) is 40.3 Å². The van der Waals surface area contributed by atoms with E-state index in [1.807, 2.05) is 6.92 Å². The number of carbonyl (C=O) groups is 2. The smallest absolute Gasteiger partial charge is 0.325 e. The summed E-state index contributed by atoms with van der Waals surface area (Å²) in [5.74, 6) is -0.0856. The van der Waals surface area contributed by atoms with Crippen molar-refractivity contribution in [2.75, 3.05) is 11.1 Å². The first kappa shape index (κ1) is 17.0. The highest BCUT2D eigenvalue weighted by molar-refractivity contribution is 7.99. The highest BCUT2D eigenvalue weighted by Gasteiger charge is 2.11. The van der Waals surface area contributed by atoms with Crippen molar-refractivity contribution in [3.63, 3.8) is 0 Å². The van der Waals surface area contributed by atoms with Crippen LogP contribution in [0.15, 0.2) is 34.2 Å². The highest BCUT2D eigenvalue weighted by atomic mass is 32.2. The molecule has 0 saturated heterocycles. The van der Waals surface area contributed by atoms with Gasteiger partial charge in [-0.05, 0) is 37.6 Å². The highest BCUT2D eigenvalue weighted by Crippen LogP contribution is 2.15. The Bertz CT molecular complexity index is 749. The maximum atomic E-state index is 12.0. The minimum Gasteiger partial charge on any atom is -0.325 e. The predicted molar refractivity (Wildman–Crippen MR) is 88.9 cm³/mol. The van der Waals surface area contributed by atoms with Gasteiger partial charge in [-0.1, -0.05) is 18.7 Å². The molecule has 0 radical (unpaired) electrons. The average molecular weight is 334 g/mol. The van der Waals surface area contributed by atoms with E-state index in [9.17, 15) is 14.4 Å². The summed E-state index contributed by atoms with van der Waals surface area (Å²) >= 11 is 1.20. The summed E-state index contributed by atoms with van der Waals surface area (Å²) in [6, 6.07) is 6.69. The maximum absolute atomic E-state index is 12.0. The molecule has 8 heteroatoms. The van der Waals surface area contributed by atoms with E-state index in [1.165, 1.54) is 23.3 Å². The number of nitrogens with zero attached hydrogens (tertiary/aromatic N) is 2. The van der Waals surface area contributed by atoms with Crippen LogP contribution in [0.25, 0.3) is 0 Å². The minimum absolute atomic E-state index is 0.0224. The molecule has 0 bridgehead atoms. The van der Waals surface area contributed by atoms with Crippen molar-refractivity contribution in [1.82, 2.24) is 14.8 Å². The second kappa shape index (κ2) is 7.77. The number of hydrogen-bond donors (Lipinski definition) is 2. The average Bonchev–Trinajstić information content (AvgIpc) is 2.87. The Labute approximate surface area is 137 Å². The van der Waals surface area contributed by atoms with Crippen LogP contribution in [0.1, 0.15) is 30.6 Å². The van der Waals surface area contributed by atoms with E-state index in [0.717, 1.165) is 6.42 Å². The summed E-state index contributed by atoms with van der Waals surface area (Å²) in [7, 11) is 0. The third-order valence-electron chi connectivity index (χ3n) is 3.08. The third kappa shape index (κ3) is 4.56. The minimum atomic E-state index is -0.269. The molecular formula is C15H18N4O3S. The molecule has 0 atom stereocenters. The molecule has 7 nitrogen and oxygen atoms in total. The van der Waals surface area contributed by atoms with Gasteiger partial charge < -0.3 is 5.32 Å². The number of Topliss-reactive ketones (excluding diaryl/α,β-unsaturated/α-hetero) is 1. The molecular weight excluding hydrogens is 316 g/mol. The monoisotopic (exact) mass is 334 g/mol. The molecule has 2 rings (SSSR count). The van der Waals surface area contributed by atoms with Gasteiger partial charge in [-0.25, -0.2) is 9.89 Å². The number of hydrogen-bond acceptors (Lipinski definition) is 5. The molecule has 1 aromatic heterocycles. The number of ketones is 1. The molecule has 2 aromatic rings. The Kier molecular flexibility index (Phi) is 5.75. The zero-order valence-corrected chi connectivity index (χ0v) is 13.8. The van der Waals surface area contributed by atoms with Gasteiger partial charge >= 0.3 is 5.69 Å². The number of benzene rings is 1. The van der Waals surface area contributed by atoms with E-state index in [-0.39, 0.29) is 23.1 Å². The number of aromatic nitrogens is 3. The van der Waals surface area contributed by atoms with E-state index < -0.39 is 0 Å². The number of anilines is 1. The number of carbonyl (C=O) groups excluding carboxylic acids is 2. The normalized spacial score (nSPS) is 10.5. The molecule has 0 aliphatic carbocycles. The van der Waals surface area contributed by atoms with Gasteiger partial charge in [0.15, 0.2) is 10.9 Å². The lowest BCUT2D eigenvalue weighted by Gasteiger charge is -2.06. The van der Waals surface area contributed by atoms with E-state index in [2.05, 4.69) is 15.5 Å². The predicted octanol–water partition coefficient (Wildman–Crippen LogP) is 1.91. The van der Waals surface area contributed by atoms with E-state index in [1.54, 1.807) is 24.3 Å². The molecule has 0 spiro atoms. The lowest BCUT2D eigenvalue weighted by atomic mass is 10.1. The molecule has 1 amide bonds. The van der Waals surface area contributed by atoms with Crippen molar-refractivity contribution in [2.45, 2.75) is 32.0 Å². The fraction of sp³-hybridized carbons (Fsp3) is 0.333. The van der Waals surface area contributed by atoms with Crippen molar-refractivity contribution in [3.8, 4) is 0 Å². The van der Waals surface area contributed by atoms with Gasteiger partial charge in [-0.2, -0.15) is 0 Å². The van der Waals surface area contributed by atoms with Crippen molar-refractivity contribution < 1.29 is 9.59 Å². The summed E-state index contributed by atoms with van der Waals surface area (Å²) in [4.78, 5) is 34.7. The van der Waals surface area contributed by atoms with Gasteiger partial charge in [-0.15, -0.1) is 5.10 Å². The van der Waals surface area contributed by atoms with Gasteiger partial charge in [0, 0.05) is 17.8 Å². The zero-order valence-electron chi connectivity index (χ0n) is 13.0. The Morgan fingerprint density at radius 1 is 1.30 bits per heavy atom. The number of H-pyrrole nitrogens is 1. The molecule has 0 aliphatic heterocycles. The van der Waals surface area contributed by atoms with Crippen LogP contribution >= 0.6 is 11.8 Å². The summed E-state index contributed by atoms with van der Waals surface area (Å²) in [6.07, 6.45) is 0.807. The van der Waals surface area contributed by atoms with Gasteiger partial charge in [0.25, 0.3) is 0 Å². The number of nitrogens with one attached hydrogen (secondary N) is 2. The second-order valence-corrected chi connectivity index (χ2v) is 5.88. The first-order valence-corrected chi connectivity index (χ1v) is 8.18. The molecule has 0 saturated carbocycles. The lowest BCUT2D eigenvalue weighted by molar-refractivity contribution is -0.113. The molecule has 0 fully saturated rings. The van der Waals surface area contributed by atoms with E-state index in [0.29, 0.717) is 23.0 Å². The summed E-state index contributed by atoms with van der Waals surface area (Å²) < 4.78 is 1.51. The van der Waals surface area contributed by atoms with Gasteiger partial charge in [0.1, 0.15) is 0 Å².